The number of rotatable bonds is 6. The number of carbonyl (C=O) groups is 2. The lowest BCUT2D eigenvalue weighted by molar-refractivity contribution is -0.385. The van der Waals surface area contributed by atoms with Gasteiger partial charge in [-0.25, -0.2) is 4.79 Å². The quantitative estimate of drug-likeness (QED) is 0.350. The highest BCUT2D eigenvalue weighted by Gasteiger charge is 2.17. The Morgan fingerprint density at radius 1 is 1.12 bits per heavy atom. The first-order valence-electron chi connectivity index (χ1n) is 7.21. The lowest BCUT2D eigenvalue weighted by Crippen LogP contribution is -2.13. The Labute approximate surface area is 138 Å². The molecule has 0 bridgehead atoms. The van der Waals surface area contributed by atoms with Crippen molar-refractivity contribution in [2.75, 3.05) is 6.61 Å². The van der Waals surface area contributed by atoms with Crippen molar-refractivity contribution in [3.8, 4) is 5.75 Å². The number of hydrogen-bond acceptors (Lipinski definition) is 6. The van der Waals surface area contributed by atoms with Crippen LogP contribution in [0.4, 0.5) is 5.69 Å². The van der Waals surface area contributed by atoms with Crippen molar-refractivity contribution < 1.29 is 24.0 Å². The van der Waals surface area contributed by atoms with E-state index in [0.29, 0.717) is 0 Å². The van der Waals surface area contributed by atoms with Crippen LogP contribution in [-0.2, 0) is 16.0 Å². The van der Waals surface area contributed by atoms with Crippen molar-refractivity contribution >= 4 is 17.6 Å². The van der Waals surface area contributed by atoms with E-state index in [4.69, 9.17) is 9.47 Å². The zero-order valence-corrected chi connectivity index (χ0v) is 12.9. The minimum Gasteiger partial charge on any atom is -0.462 e. The molecule has 0 atom stereocenters. The molecular weight excluding hydrogens is 314 g/mol. The average Bonchev–Trinajstić information content (AvgIpc) is 2.55. The van der Waals surface area contributed by atoms with Gasteiger partial charge in [0.25, 0.3) is 5.69 Å². The fourth-order valence-electron chi connectivity index (χ4n) is 2.06. The Morgan fingerprint density at radius 2 is 1.88 bits per heavy atom. The zero-order valence-electron chi connectivity index (χ0n) is 12.9. The third-order valence-electron chi connectivity index (χ3n) is 3.10. The number of benzene rings is 2. The topological polar surface area (TPSA) is 95.7 Å². The van der Waals surface area contributed by atoms with Gasteiger partial charge in [0.1, 0.15) is 5.75 Å². The van der Waals surface area contributed by atoms with Gasteiger partial charge in [0, 0.05) is 11.6 Å². The van der Waals surface area contributed by atoms with Crippen LogP contribution in [0.15, 0.2) is 48.5 Å². The monoisotopic (exact) mass is 329 g/mol. The first-order chi connectivity index (χ1) is 11.5. The van der Waals surface area contributed by atoms with E-state index in [9.17, 15) is 19.7 Å². The summed E-state index contributed by atoms with van der Waals surface area (Å²) in [7, 11) is 0. The predicted octanol–water partition coefficient (Wildman–Crippen LogP) is 2.92. The summed E-state index contributed by atoms with van der Waals surface area (Å²) >= 11 is 0. The van der Waals surface area contributed by atoms with E-state index in [1.807, 2.05) is 0 Å². The van der Waals surface area contributed by atoms with Gasteiger partial charge in [-0.3, -0.25) is 14.9 Å². The molecule has 2 aromatic rings. The molecule has 0 heterocycles. The number of esters is 2. The maximum Gasteiger partial charge on any atom is 0.338 e. The molecule has 0 N–H and O–H groups in total. The van der Waals surface area contributed by atoms with E-state index in [1.165, 1.54) is 36.4 Å². The molecule has 0 saturated heterocycles. The summed E-state index contributed by atoms with van der Waals surface area (Å²) < 4.78 is 10.0. The Kier molecular flexibility index (Phi) is 5.62. The summed E-state index contributed by atoms with van der Waals surface area (Å²) in [4.78, 5) is 34.1. The molecule has 0 aliphatic heterocycles. The third-order valence-corrected chi connectivity index (χ3v) is 3.10. The molecule has 7 heteroatoms. The highest BCUT2D eigenvalue weighted by atomic mass is 16.6. The normalized spacial score (nSPS) is 10.0. The number of nitro groups is 1. The Morgan fingerprint density at radius 3 is 2.58 bits per heavy atom. The number of nitro benzene ring substituents is 1. The van der Waals surface area contributed by atoms with Gasteiger partial charge in [-0.2, -0.15) is 0 Å². The van der Waals surface area contributed by atoms with Crippen molar-refractivity contribution in [2.24, 2.45) is 0 Å². The van der Waals surface area contributed by atoms with Gasteiger partial charge in [0.15, 0.2) is 0 Å². The lowest BCUT2D eigenvalue weighted by atomic mass is 10.1. The molecule has 2 aromatic carbocycles. The van der Waals surface area contributed by atoms with Gasteiger partial charge in [0.2, 0.25) is 0 Å². The second kappa shape index (κ2) is 7.87. The van der Waals surface area contributed by atoms with E-state index >= 15 is 0 Å². The number of ether oxygens (including phenoxy) is 2. The molecule has 124 valence electrons. The molecule has 0 unspecified atom stereocenters. The SMILES string of the molecule is CCOC(=O)c1cccc(OC(=O)Cc2ccccc2[N+](=O)[O-])c1. The van der Waals surface area contributed by atoms with Crippen LogP contribution in [0.3, 0.4) is 0 Å². The van der Waals surface area contributed by atoms with Crippen molar-refractivity contribution in [1.29, 1.82) is 0 Å². The average molecular weight is 329 g/mol. The van der Waals surface area contributed by atoms with E-state index in [-0.39, 0.29) is 35.6 Å². The van der Waals surface area contributed by atoms with Crippen LogP contribution in [0.2, 0.25) is 0 Å². The summed E-state index contributed by atoms with van der Waals surface area (Å²) in [6.07, 6.45) is -0.249. The van der Waals surface area contributed by atoms with Gasteiger partial charge in [-0.15, -0.1) is 0 Å². The van der Waals surface area contributed by atoms with Crippen LogP contribution >= 0.6 is 0 Å². The van der Waals surface area contributed by atoms with E-state index in [2.05, 4.69) is 0 Å². The fraction of sp³-hybridized carbons (Fsp3) is 0.176. The highest BCUT2D eigenvalue weighted by Crippen LogP contribution is 2.20. The summed E-state index contributed by atoms with van der Waals surface area (Å²) in [5.74, 6) is -1.01. The first-order valence-corrected chi connectivity index (χ1v) is 7.21. The first kappa shape index (κ1) is 17.1. The molecule has 0 radical (unpaired) electrons. The number of carbonyl (C=O) groups excluding carboxylic acids is 2. The van der Waals surface area contributed by atoms with Gasteiger partial charge in [-0.1, -0.05) is 24.3 Å². The summed E-state index contributed by atoms with van der Waals surface area (Å²) in [5.41, 5.74) is 0.372. The molecule has 0 aliphatic rings. The number of para-hydroxylation sites is 1. The Balaban J connectivity index is 2.09. The van der Waals surface area contributed by atoms with E-state index in [1.54, 1.807) is 19.1 Å². The molecule has 0 aromatic heterocycles. The van der Waals surface area contributed by atoms with Crippen LogP contribution in [0.5, 0.6) is 5.75 Å². The third kappa shape index (κ3) is 4.39. The van der Waals surface area contributed by atoms with Gasteiger partial charge >= 0.3 is 11.9 Å². The minimum absolute atomic E-state index is 0.144. The van der Waals surface area contributed by atoms with Crippen molar-refractivity contribution in [2.45, 2.75) is 13.3 Å². The van der Waals surface area contributed by atoms with Gasteiger partial charge in [-0.05, 0) is 25.1 Å². The van der Waals surface area contributed by atoms with Crippen LogP contribution in [0, 0.1) is 10.1 Å². The molecule has 0 aliphatic carbocycles. The summed E-state index contributed by atoms with van der Waals surface area (Å²) in [6, 6.07) is 11.9. The Bertz CT molecular complexity index is 771. The fourth-order valence-corrected chi connectivity index (χ4v) is 2.06. The summed E-state index contributed by atoms with van der Waals surface area (Å²) in [6.45, 7) is 1.93. The molecule has 0 amide bonds. The molecule has 0 spiro atoms. The van der Waals surface area contributed by atoms with Crippen molar-refractivity contribution in [3.63, 3.8) is 0 Å². The number of hydrogen-bond donors (Lipinski definition) is 0. The molecule has 0 saturated carbocycles. The van der Waals surface area contributed by atoms with Crippen molar-refractivity contribution in [1.82, 2.24) is 0 Å². The maximum absolute atomic E-state index is 12.0. The molecule has 24 heavy (non-hydrogen) atoms. The number of nitrogens with zero attached hydrogens (tertiary/aromatic N) is 1. The second-order valence-corrected chi connectivity index (χ2v) is 4.78. The van der Waals surface area contributed by atoms with Crippen LogP contribution in [-0.4, -0.2) is 23.5 Å². The van der Waals surface area contributed by atoms with Crippen LogP contribution in [0.25, 0.3) is 0 Å². The zero-order chi connectivity index (χ0) is 17.5. The summed E-state index contributed by atoms with van der Waals surface area (Å²) in [5, 5.41) is 10.9. The molecular formula is C17H15NO6. The smallest absolute Gasteiger partial charge is 0.338 e. The standard InChI is InChI=1S/C17H15NO6/c1-2-23-17(20)13-7-5-8-14(10-13)24-16(19)11-12-6-3-4-9-15(12)18(21)22/h3-10H,2,11H2,1H3. The second-order valence-electron chi connectivity index (χ2n) is 4.78. The Hall–Kier alpha value is -3.22. The largest absolute Gasteiger partial charge is 0.462 e. The van der Waals surface area contributed by atoms with Gasteiger partial charge in [0.05, 0.1) is 23.5 Å². The van der Waals surface area contributed by atoms with Gasteiger partial charge < -0.3 is 9.47 Å². The minimum atomic E-state index is -0.662. The predicted molar refractivity (Wildman–Crippen MR) is 84.8 cm³/mol. The van der Waals surface area contributed by atoms with Crippen LogP contribution < -0.4 is 4.74 Å². The molecule has 2 rings (SSSR count). The van der Waals surface area contributed by atoms with Crippen molar-refractivity contribution in [3.05, 3.63) is 69.8 Å². The highest BCUT2D eigenvalue weighted by molar-refractivity contribution is 5.90. The lowest BCUT2D eigenvalue weighted by Gasteiger charge is -2.07. The van der Waals surface area contributed by atoms with E-state index in [0.717, 1.165) is 0 Å². The molecule has 7 nitrogen and oxygen atoms in total. The van der Waals surface area contributed by atoms with E-state index < -0.39 is 16.9 Å². The molecule has 0 fully saturated rings. The maximum atomic E-state index is 12.0. The van der Waals surface area contributed by atoms with Crippen LogP contribution in [0.1, 0.15) is 22.8 Å².